The van der Waals surface area contributed by atoms with Crippen LogP contribution >= 0.6 is 0 Å². The Hall–Kier alpha value is -0.855. The summed E-state index contributed by atoms with van der Waals surface area (Å²) in [5.41, 5.74) is 2.22. The maximum Gasteiger partial charge on any atom is 0.115 e. The zero-order valence-electron chi connectivity index (χ0n) is 10.3. The van der Waals surface area contributed by atoms with E-state index in [9.17, 15) is 8.78 Å². The van der Waals surface area contributed by atoms with Crippen molar-refractivity contribution in [3.8, 4) is 0 Å². The molecular weight excluding hydrogens is 205 g/mol. The second-order valence-corrected chi connectivity index (χ2v) is 4.57. The van der Waals surface area contributed by atoms with E-state index in [4.69, 9.17) is 0 Å². The maximum absolute atomic E-state index is 12.7. The molecule has 0 bridgehead atoms. The van der Waals surface area contributed by atoms with Gasteiger partial charge in [0, 0.05) is 0 Å². The van der Waals surface area contributed by atoms with Gasteiger partial charge in [-0.3, -0.25) is 0 Å². The van der Waals surface area contributed by atoms with E-state index in [1.165, 1.54) is 0 Å². The molecule has 0 amide bonds. The highest BCUT2D eigenvalue weighted by atomic mass is 19.1. The van der Waals surface area contributed by atoms with Gasteiger partial charge in [0.1, 0.15) is 21.2 Å². The first-order chi connectivity index (χ1) is 7.59. The summed E-state index contributed by atoms with van der Waals surface area (Å²) in [4.78, 5) is 0. The van der Waals surface area contributed by atoms with Crippen molar-refractivity contribution in [3.63, 3.8) is 0 Å². The summed E-state index contributed by atoms with van der Waals surface area (Å²) in [6, 6.07) is 5.34. The van der Waals surface area contributed by atoms with Gasteiger partial charge in [0.2, 0.25) is 0 Å². The minimum atomic E-state index is -0.523. The standard InChI is InChI=1S/C13H19BF2/c1-3-13(14,4-2)12-6-10(8-15)5-11(7-12)9-16/h5-7H,3-4,8-9,14H2,1-2H3. The summed E-state index contributed by atoms with van der Waals surface area (Å²) in [7, 11) is 2.15. The topological polar surface area (TPSA) is 0 Å². The van der Waals surface area contributed by atoms with E-state index < -0.39 is 13.3 Å². The van der Waals surface area contributed by atoms with Crippen molar-refractivity contribution in [3.05, 3.63) is 34.9 Å². The summed E-state index contributed by atoms with van der Waals surface area (Å²) in [5, 5.41) is 0.0229. The molecule has 0 saturated carbocycles. The van der Waals surface area contributed by atoms with Crippen LogP contribution in [0.4, 0.5) is 8.78 Å². The Bertz CT molecular complexity index is 324. The molecule has 0 fully saturated rings. The van der Waals surface area contributed by atoms with Gasteiger partial charge in [-0.2, -0.15) is 0 Å². The molecule has 0 N–H and O–H groups in total. The Morgan fingerprint density at radius 3 is 1.75 bits per heavy atom. The molecule has 88 valence electrons. The molecule has 0 aliphatic rings. The van der Waals surface area contributed by atoms with Gasteiger partial charge in [0.15, 0.2) is 0 Å². The molecule has 0 unspecified atom stereocenters. The number of alkyl halides is 2. The Morgan fingerprint density at radius 2 is 1.44 bits per heavy atom. The molecule has 0 aliphatic heterocycles. The van der Waals surface area contributed by atoms with Crippen LogP contribution in [0.2, 0.25) is 0 Å². The quantitative estimate of drug-likeness (QED) is 0.673. The average Bonchev–Trinajstić information content (AvgIpc) is 2.36. The van der Waals surface area contributed by atoms with Gasteiger partial charge in [-0.25, -0.2) is 8.78 Å². The second-order valence-electron chi connectivity index (χ2n) is 4.57. The number of hydrogen-bond donors (Lipinski definition) is 0. The molecule has 16 heavy (non-hydrogen) atoms. The van der Waals surface area contributed by atoms with Crippen molar-refractivity contribution in [2.24, 2.45) is 0 Å². The molecule has 1 aromatic carbocycles. The number of hydrogen-bond acceptors (Lipinski definition) is 0. The fourth-order valence-corrected chi connectivity index (χ4v) is 1.92. The minimum Gasteiger partial charge on any atom is -0.246 e. The third-order valence-corrected chi connectivity index (χ3v) is 3.62. The SMILES string of the molecule is BC(CC)(CC)c1cc(CF)cc(CF)c1. The lowest BCUT2D eigenvalue weighted by molar-refractivity contribution is 0.471. The van der Waals surface area contributed by atoms with Gasteiger partial charge < -0.3 is 0 Å². The molecule has 0 aromatic heterocycles. The first-order valence-corrected chi connectivity index (χ1v) is 5.85. The first-order valence-electron chi connectivity index (χ1n) is 5.85. The van der Waals surface area contributed by atoms with E-state index in [1.807, 2.05) is 12.1 Å². The highest BCUT2D eigenvalue weighted by Crippen LogP contribution is 2.30. The van der Waals surface area contributed by atoms with E-state index in [0.717, 1.165) is 18.4 Å². The van der Waals surface area contributed by atoms with Crippen LogP contribution in [0, 0.1) is 0 Å². The highest BCUT2D eigenvalue weighted by Gasteiger charge is 2.23. The first kappa shape index (κ1) is 13.2. The van der Waals surface area contributed by atoms with Crippen LogP contribution < -0.4 is 0 Å². The van der Waals surface area contributed by atoms with Gasteiger partial charge in [-0.15, -0.1) is 0 Å². The molecule has 1 aromatic rings. The number of benzene rings is 1. The highest BCUT2D eigenvalue weighted by molar-refractivity contribution is 6.15. The van der Waals surface area contributed by atoms with Crippen molar-refractivity contribution in [1.29, 1.82) is 0 Å². The van der Waals surface area contributed by atoms with Gasteiger partial charge in [-0.1, -0.05) is 44.9 Å². The molecular formula is C13H19BF2. The van der Waals surface area contributed by atoms with Crippen molar-refractivity contribution < 1.29 is 8.78 Å². The Labute approximate surface area is 97.5 Å². The van der Waals surface area contributed by atoms with Crippen LogP contribution in [0.5, 0.6) is 0 Å². The van der Waals surface area contributed by atoms with Crippen molar-refractivity contribution in [1.82, 2.24) is 0 Å². The number of rotatable bonds is 5. The van der Waals surface area contributed by atoms with E-state index >= 15 is 0 Å². The van der Waals surface area contributed by atoms with E-state index in [1.54, 1.807) is 6.07 Å². The lowest BCUT2D eigenvalue weighted by atomic mass is 9.60. The minimum absolute atomic E-state index is 0.0229. The van der Waals surface area contributed by atoms with E-state index in [-0.39, 0.29) is 5.31 Å². The van der Waals surface area contributed by atoms with Crippen LogP contribution in [0.1, 0.15) is 43.4 Å². The summed E-state index contributed by atoms with van der Waals surface area (Å²) in [5.74, 6) is 0. The van der Waals surface area contributed by atoms with Gasteiger partial charge in [0.05, 0.1) is 0 Å². The lowest BCUT2D eigenvalue weighted by Crippen LogP contribution is -2.24. The third-order valence-electron chi connectivity index (χ3n) is 3.62. The predicted molar refractivity (Wildman–Crippen MR) is 66.9 cm³/mol. The molecule has 0 heterocycles. The van der Waals surface area contributed by atoms with Crippen LogP contribution in [0.3, 0.4) is 0 Å². The molecule has 0 nitrogen and oxygen atoms in total. The normalized spacial score (nSPS) is 11.8. The summed E-state index contributed by atoms with van der Waals surface area (Å²) >= 11 is 0. The average molecular weight is 224 g/mol. The smallest absolute Gasteiger partial charge is 0.115 e. The van der Waals surface area contributed by atoms with Crippen molar-refractivity contribution in [2.45, 2.75) is 45.4 Å². The third kappa shape index (κ3) is 2.63. The Morgan fingerprint density at radius 1 is 1.00 bits per heavy atom. The summed E-state index contributed by atoms with van der Waals surface area (Å²) in [6.45, 7) is 3.18. The molecule has 0 atom stereocenters. The Balaban J connectivity index is 3.21. The van der Waals surface area contributed by atoms with E-state index in [2.05, 4.69) is 21.7 Å². The summed E-state index contributed by atoms with van der Waals surface area (Å²) in [6.07, 6.45) is 1.95. The van der Waals surface area contributed by atoms with E-state index in [0.29, 0.717) is 11.1 Å². The molecule has 0 aliphatic carbocycles. The van der Waals surface area contributed by atoms with Crippen LogP contribution in [-0.4, -0.2) is 7.85 Å². The fourth-order valence-electron chi connectivity index (χ4n) is 1.92. The predicted octanol–water partition coefficient (Wildman–Crippen LogP) is 3.27. The zero-order valence-corrected chi connectivity index (χ0v) is 10.3. The van der Waals surface area contributed by atoms with Crippen LogP contribution in [0.25, 0.3) is 0 Å². The largest absolute Gasteiger partial charge is 0.246 e. The number of halogens is 2. The van der Waals surface area contributed by atoms with Crippen LogP contribution in [-0.2, 0) is 18.7 Å². The van der Waals surface area contributed by atoms with Crippen LogP contribution in [0.15, 0.2) is 18.2 Å². The molecule has 0 saturated heterocycles. The monoisotopic (exact) mass is 224 g/mol. The van der Waals surface area contributed by atoms with Gasteiger partial charge >= 0.3 is 0 Å². The van der Waals surface area contributed by atoms with Crippen molar-refractivity contribution >= 4 is 7.85 Å². The molecule has 0 spiro atoms. The fraction of sp³-hybridized carbons (Fsp3) is 0.538. The van der Waals surface area contributed by atoms with Crippen molar-refractivity contribution in [2.75, 3.05) is 0 Å². The molecule has 0 radical (unpaired) electrons. The lowest BCUT2D eigenvalue weighted by Gasteiger charge is -2.28. The molecule has 1 rings (SSSR count). The molecule has 3 heteroatoms. The maximum atomic E-state index is 12.7. The Kier molecular flexibility index (Phi) is 4.51. The second kappa shape index (κ2) is 5.47. The van der Waals surface area contributed by atoms with Gasteiger partial charge in [-0.05, 0) is 22.0 Å². The van der Waals surface area contributed by atoms with Gasteiger partial charge in [0.25, 0.3) is 0 Å². The zero-order chi connectivity index (χ0) is 12.2. The summed E-state index contributed by atoms with van der Waals surface area (Å²) < 4.78 is 25.4.